The Morgan fingerprint density at radius 3 is 2.80 bits per heavy atom. The Kier molecular flexibility index (Phi) is 4.59. The lowest BCUT2D eigenvalue weighted by Gasteiger charge is -2.14. The average molecular weight is 208 g/mol. The molecule has 3 heteroatoms. The van der Waals surface area contributed by atoms with E-state index in [1.54, 1.807) is 0 Å². The van der Waals surface area contributed by atoms with Crippen molar-refractivity contribution in [2.75, 3.05) is 12.3 Å². The summed E-state index contributed by atoms with van der Waals surface area (Å²) >= 11 is 0. The van der Waals surface area contributed by atoms with E-state index in [2.05, 4.69) is 18.3 Å². The van der Waals surface area contributed by atoms with E-state index in [-0.39, 0.29) is 12.6 Å². The van der Waals surface area contributed by atoms with Gasteiger partial charge in [-0.25, -0.2) is 0 Å². The summed E-state index contributed by atoms with van der Waals surface area (Å²) in [6.45, 7) is 4.97. The Bertz CT molecular complexity index is 312. The molecule has 0 amide bonds. The van der Waals surface area contributed by atoms with Crippen molar-refractivity contribution in [3.63, 3.8) is 0 Å². The van der Waals surface area contributed by atoms with E-state index < -0.39 is 0 Å². The predicted octanol–water partition coefficient (Wildman–Crippen LogP) is 1.30. The molecule has 3 nitrogen and oxygen atoms in total. The van der Waals surface area contributed by atoms with Gasteiger partial charge in [-0.2, -0.15) is 0 Å². The van der Waals surface area contributed by atoms with Crippen LogP contribution in [0.25, 0.3) is 0 Å². The van der Waals surface area contributed by atoms with Gasteiger partial charge in [0.25, 0.3) is 0 Å². The minimum atomic E-state index is 0.121. The summed E-state index contributed by atoms with van der Waals surface area (Å²) in [5, 5.41) is 12.2. The minimum absolute atomic E-state index is 0.121. The summed E-state index contributed by atoms with van der Waals surface area (Å²) in [4.78, 5) is 0. The third kappa shape index (κ3) is 3.22. The molecule has 0 aliphatic heterocycles. The lowest BCUT2D eigenvalue weighted by Crippen LogP contribution is -2.29. The van der Waals surface area contributed by atoms with Gasteiger partial charge in [-0.3, -0.25) is 0 Å². The monoisotopic (exact) mass is 208 g/mol. The molecule has 1 unspecified atom stereocenters. The second-order valence-electron chi connectivity index (χ2n) is 3.80. The van der Waals surface area contributed by atoms with Crippen LogP contribution in [0, 0.1) is 0 Å². The van der Waals surface area contributed by atoms with Gasteiger partial charge in [0.1, 0.15) is 0 Å². The molecule has 0 fully saturated rings. The number of nitrogens with one attached hydrogen (secondary N) is 1. The number of benzene rings is 1. The number of aliphatic hydroxyl groups excluding tert-OH is 1. The predicted molar refractivity (Wildman–Crippen MR) is 63.6 cm³/mol. The van der Waals surface area contributed by atoms with Crippen LogP contribution in [0.3, 0.4) is 0 Å². The van der Waals surface area contributed by atoms with E-state index in [0.29, 0.717) is 0 Å². The lowest BCUT2D eigenvalue weighted by molar-refractivity contribution is 0.251. The highest BCUT2D eigenvalue weighted by Crippen LogP contribution is 2.17. The molecule has 0 saturated heterocycles. The highest BCUT2D eigenvalue weighted by molar-refractivity contribution is 5.50. The van der Waals surface area contributed by atoms with E-state index in [0.717, 1.165) is 18.7 Å². The molecule has 0 radical (unpaired) electrons. The first kappa shape index (κ1) is 12.0. The number of nitrogens with two attached hydrogens (primary N) is 1. The first-order chi connectivity index (χ1) is 7.19. The van der Waals surface area contributed by atoms with Crippen LogP contribution < -0.4 is 11.1 Å². The molecule has 0 bridgehead atoms. The molecule has 0 aromatic heterocycles. The molecule has 1 aromatic rings. The molecule has 1 rings (SSSR count). The SMILES string of the molecule is CCc1c(N)cccc1CNC(C)CO. The molecule has 0 spiro atoms. The third-order valence-corrected chi connectivity index (χ3v) is 2.58. The van der Waals surface area contributed by atoms with E-state index in [9.17, 15) is 0 Å². The summed E-state index contributed by atoms with van der Waals surface area (Å²) in [6.07, 6.45) is 0.942. The van der Waals surface area contributed by atoms with Crippen molar-refractivity contribution >= 4 is 5.69 Å². The summed E-state index contributed by atoms with van der Waals surface area (Å²) < 4.78 is 0. The number of hydrogen-bond acceptors (Lipinski definition) is 3. The fourth-order valence-electron chi connectivity index (χ4n) is 1.60. The second-order valence-corrected chi connectivity index (χ2v) is 3.80. The van der Waals surface area contributed by atoms with Crippen LogP contribution in [0.5, 0.6) is 0 Å². The number of hydrogen-bond donors (Lipinski definition) is 3. The van der Waals surface area contributed by atoms with Crippen LogP contribution in [0.2, 0.25) is 0 Å². The van der Waals surface area contributed by atoms with Gasteiger partial charge >= 0.3 is 0 Å². The van der Waals surface area contributed by atoms with Crippen molar-refractivity contribution in [3.8, 4) is 0 Å². The number of aliphatic hydroxyl groups is 1. The van der Waals surface area contributed by atoms with Crippen molar-refractivity contribution in [3.05, 3.63) is 29.3 Å². The molecule has 0 aliphatic rings. The van der Waals surface area contributed by atoms with E-state index in [1.165, 1.54) is 11.1 Å². The van der Waals surface area contributed by atoms with Gasteiger partial charge in [-0.15, -0.1) is 0 Å². The molecule has 4 N–H and O–H groups in total. The van der Waals surface area contributed by atoms with Crippen LogP contribution in [-0.4, -0.2) is 17.8 Å². The fraction of sp³-hybridized carbons (Fsp3) is 0.500. The van der Waals surface area contributed by atoms with Crippen LogP contribution >= 0.6 is 0 Å². The van der Waals surface area contributed by atoms with Gasteiger partial charge in [0.05, 0.1) is 6.61 Å². The Labute approximate surface area is 91.3 Å². The molecule has 1 atom stereocenters. The normalized spacial score (nSPS) is 12.7. The standard InChI is InChI=1S/C12H20N2O/c1-3-11-10(5-4-6-12(11)13)7-14-9(2)8-15/h4-6,9,14-15H,3,7-8,13H2,1-2H3. The smallest absolute Gasteiger partial charge is 0.0582 e. The van der Waals surface area contributed by atoms with Gasteiger partial charge in [0.2, 0.25) is 0 Å². The van der Waals surface area contributed by atoms with Crippen LogP contribution in [0.1, 0.15) is 25.0 Å². The zero-order valence-electron chi connectivity index (χ0n) is 9.46. The van der Waals surface area contributed by atoms with Crippen LogP contribution in [0.4, 0.5) is 5.69 Å². The molecule has 84 valence electrons. The summed E-state index contributed by atoms with van der Waals surface area (Å²) in [7, 11) is 0. The largest absolute Gasteiger partial charge is 0.398 e. The number of nitrogen functional groups attached to an aromatic ring is 1. The summed E-state index contributed by atoms with van der Waals surface area (Å²) in [5.41, 5.74) is 9.17. The maximum absolute atomic E-state index is 8.91. The molecule has 0 saturated carbocycles. The lowest BCUT2D eigenvalue weighted by atomic mass is 10.0. The molecule has 15 heavy (non-hydrogen) atoms. The molecule has 0 aliphatic carbocycles. The maximum Gasteiger partial charge on any atom is 0.0582 e. The third-order valence-electron chi connectivity index (χ3n) is 2.58. The van der Waals surface area contributed by atoms with E-state index in [4.69, 9.17) is 10.8 Å². The molecule has 0 heterocycles. The molecular weight excluding hydrogens is 188 g/mol. The van der Waals surface area contributed by atoms with Gasteiger partial charge in [-0.1, -0.05) is 19.1 Å². The summed E-state index contributed by atoms with van der Waals surface area (Å²) in [6, 6.07) is 6.09. The first-order valence-electron chi connectivity index (χ1n) is 5.39. The number of rotatable bonds is 5. The van der Waals surface area contributed by atoms with E-state index in [1.807, 2.05) is 19.1 Å². The van der Waals surface area contributed by atoms with Crippen LogP contribution in [0.15, 0.2) is 18.2 Å². The zero-order chi connectivity index (χ0) is 11.3. The summed E-state index contributed by atoms with van der Waals surface area (Å²) in [5.74, 6) is 0. The quantitative estimate of drug-likeness (QED) is 0.639. The Balaban J connectivity index is 2.72. The van der Waals surface area contributed by atoms with Gasteiger partial charge in [0.15, 0.2) is 0 Å². The van der Waals surface area contributed by atoms with Crippen molar-refractivity contribution in [1.29, 1.82) is 0 Å². The van der Waals surface area contributed by atoms with Gasteiger partial charge in [0, 0.05) is 18.3 Å². The maximum atomic E-state index is 8.91. The number of anilines is 1. The van der Waals surface area contributed by atoms with Gasteiger partial charge in [-0.05, 0) is 30.5 Å². The minimum Gasteiger partial charge on any atom is -0.398 e. The van der Waals surface area contributed by atoms with Crippen molar-refractivity contribution in [1.82, 2.24) is 5.32 Å². The molecule has 1 aromatic carbocycles. The van der Waals surface area contributed by atoms with E-state index >= 15 is 0 Å². The Morgan fingerprint density at radius 1 is 1.47 bits per heavy atom. The topological polar surface area (TPSA) is 58.3 Å². The van der Waals surface area contributed by atoms with Crippen molar-refractivity contribution in [2.24, 2.45) is 0 Å². The van der Waals surface area contributed by atoms with Crippen molar-refractivity contribution in [2.45, 2.75) is 32.9 Å². The molecular formula is C12H20N2O. The van der Waals surface area contributed by atoms with Gasteiger partial charge < -0.3 is 16.2 Å². The Hall–Kier alpha value is -1.06. The highest BCUT2D eigenvalue weighted by Gasteiger charge is 2.05. The zero-order valence-corrected chi connectivity index (χ0v) is 9.46. The fourth-order valence-corrected chi connectivity index (χ4v) is 1.60. The Morgan fingerprint density at radius 2 is 2.20 bits per heavy atom. The average Bonchev–Trinajstić information content (AvgIpc) is 2.25. The highest BCUT2D eigenvalue weighted by atomic mass is 16.3. The van der Waals surface area contributed by atoms with Crippen LogP contribution in [-0.2, 0) is 13.0 Å². The van der Waals surface area contributed by atoms with Crippen molar-refractivity contribution < 1.29 is 5.11 Å². The second kappa shape index (κ2) is 5.73. The first-order valence-corrected chi connectivity index (χ1v) is 5.39.